The van der Waals surface area contributed by atoms with Crippen LogP contribution in [0.1, 0.15) is 37.7 Å². The normalized spacial score (nSPS) is 17.0. The van der Waals surface area contributed by atoms with Crippen LogP contribution in [0.2, 0.25) is 0 Å². The van der Waals surface area contributed by atoms with E-state index in [1.165, 1.54) is 9.80 Å². The number of ether oxygens (including phenoxy) is 1. The first kappa shape index (κ1) is 78.0. The molecule has 0 spiro atoms. The monoisotopic (exact) mass is 1480 g/mol. The number of carboxylic acids is 7. The summed E-state index contributed by atoms with van der Waals surface area (Å²) in [6.07, 6.45) is 1.02. The quantitative estimate of drug-likeness (QED) is 0.0475. The number of unbranched alkanes of at least 4 members (excludes halogenated alkanes) is 1. The average Bonchev–Trinajstić information content (AvgIpc) is 3.41. The first-order valence-corrected chi connectivity index (χ1v) is 27.6. The number of nitrogens with one attached hydrogen (secondary N) is 3. The molecule has 3 rings (SSSR count). The fourth-order valence-electron chi connectivity index (χ4n) is 9.28. The molecular formula is C52H80Gd2N12O18. The van der Waals surface area contributed by atoms with E-state index in [-0.39, 0.29) is 236 Å². The number of amides is 3. The molecule has 2 heterocycles. The molecule has 0 bridgehead atoms. The molecule has 1 aromatic rings. The Balaban J connectivity index is 0.0000176. The minimum absolute atomic E-state index is 0. The van der Waals surface area contributed by atoms with Gasteiger partial charge in [-0.05, 0) is 57.3 Å². The fourth-order valence-corrected chi connectivity index (χ4v) is 9.28. The first-order valence-electron chi connectivity index (χ1n) is 27.6. The number of rotatable bonds is 33. The van der Waals surface area contributed by atoms with Crippen molar-refractivity contribution in [2.24, 2.45) is 0 Å². The molecule has 2 saturated heterocycles. The van der Waals surface area contributed by atoms with Crippen LogP contribution in [0.4, 0.5) is 4.79 Å². The molecule has 1 unspecified atom stereocenters. The van der Waals surface area contributed by atoms with E-state index >= 15 is 0 Å². The number of nitrogens with zero attached hydrogens (tertiary/aromatic N) is 9. The summed E-state index contributed by atoms with van der Waals surface area (Å²) in [7, 11) is 0. The number of hydrogen-bond acceptors (Lipinski definition) is 26. The van der Waals surface area contributed by atoms with E-state index in [2.05, 4.69) is 20.9 Å². The van der Waals surface area contributed by atoms with Gasteiger partial charge in [0.1, 0.15) is 12.6 Å². The Kier molecular flexibility index (Phi) is 42.1. The largest absolute Gasteiger partial charge is 3.00 e. The first-order chi connectivity index (χ1) is 39.1. The minimum atomic E-state index is -1.35. The van der Waals surface area contributed by atoms with Crippen LogP contribution in [0.25, 0.3) is 0 Å². The van der Waals surface area contributed by atoms with Gasteiger partial charge < -0.3 is 90.1 Å². The Hall–Kier alpha value is -3.99. The third-order valence-electron chi connectivity index (χ3n) is 13.7. The molecule has 1 atom stereocenters. The third kappa shape index (κ3) is 38.2. The molecule has 2 radical (unpaired) electrons. The molecule has 0 saturated carbocycles. The molecule has 1 aromatic carbocycles. The summed E-state index contributed by atoms with van der Waals surface area (Å²) in [6, 6.07) is 7.65. The number of carbonyl (C=O) groups is 10. The van der Waals surface area contributed by atoms with Crippen molar-refractivity contribution in [3.8, 4) is 0 Å². The molecule has 2 fully saturated rings. The molecule has 2 aliphatic rings. The van der Waals surface area contributed by atoms with Gasteiger partial charge in [0, 0.05) is 157 Å². The fraction of sp³-hybridized carbons (Fsp3) is 0.692. The van der Waals surface area contributed by atoms with E-state index in [4.69, 9.17) is 4.74 Å². The molecule has 84 heavy (non-hydrogen) atoms. The second-order valence-electron chi connectivity index (χ2n) is 20.3. The van der Waals surface area contributed by atoms with Gasteiger partial charge in [-0.25, -0.2) is 9.59 Å². The van der Waals surface area contributed by atoms with Crippen molar-refractivity contribution < 1.29 is 168 Å². The van der Waals surface area contributed by atoms with E-state index in [0.29, 0.717) is 45.3 Å². The Morgan fingerprint density at radius 2 is 0.726 bits per heavy atom. The summed E-state index contributed by atoms with van der Waals surface area (Å²) in [4.78, 5) is 136. The van der Waals surface area contributed by atoms with E-state index in [1.54, 1.807) is 59.7 Å². The van der Waals surface area contributed by atoms with Crippen LogP contribution >= 0.6 is 0 Å². The van der Waals surface area contributed by atoms with Gasteiger partial charge in [0.05, 0.1) is 48.9 Å². The van der Waals surface area contributed by atoms with E-state index in [0.717, 1.165) is 5.56 Å². The number of benzene rings is 1. The molecule has 3 amide bonds. The third-order valence-corrected chi connectivity index (χ3v) is 13.7. The second-order valence-corrected chi connectivity index (χ2v) is 20.3. The average molecular weight is 1480 g/mol. The molecule has 32 heteroatoms. The molecular weight excluding hydrogens is 1400 g/mol. The molecule has 0 aromatic heterocycles. The molecule has 2 aliphatic heterocycles. The van der Waals surface area contributed by atoms with Gasteiger partial charge in [0.2, 0.25) is 11.8 Å². The van der Waals surface area contributed by atoms with E-state index < -0.39 is 93.2 Å². The molecule has 30 nitrogen and oxygen atoms in total. The minimum Gasteiger partial charge on any atom is -0.549 e. The molecule has 4 N–H and O–H groups in total. The van der Waals surface area contributed by atoms with Gasteiger partial charge in [0.25, 0.3) is 0 Å². The Morgan fingerprint density at radius 1 is 0.440 bits per heavy atom. The zero-order valence-corrected chi connectivity index (χ0v) is 51.9. The van der Waals surface area contributed by atoms with Gasteiger partial charge >= 0.3 is 91.9 Å². The summed E-state index contributed by atoms with van der Waals surface area (Å²) in [5, 5.41) is 87.4. The standard InChI is InChI=1S/C52H86N12O18.2Gd/c65-43(32-57-16-20-59(34-45(67)68)24-28-63(38-49(75)76)29-25-60(21-17-57)35-46(69)70)53-11-6-14-56(13-5-4-10-42(51(79)80)55-52(81)82-40-41-8-2-1-3-9-41)15-7-12-54-44(66)33-58-18-22-61(36-47(71)72)26-30-64(39-50(77)78)31-27-62(23-19-58)37-48(73)74;;/h1-3,8-9,42H,4-7,10-40H2,(H,53,65)(H,54,66)(H,55,81)(H,67,68)(H,69,70)(H,71,72)(H,73,74)(H,75,76)(H,77,78)(H,79,80);;/q;2*+3/p-6. The number of hydrogen-bond donors (Lipinski definition) is 4. The van der Waals surface area contributed by atoms with Gasteiger partial charge in [0.15, 0.2) is 0 Å². The van der Waals surface area contributed by atoms with Crippen molar-refractivity contribution in [3.05, 3.63) is 35.9 Å². The SMILES string of the molecule is O=C([O-])CN1CCN(CC(=O)[O-])CCN(CC(=O)NCCCN(CCCCC(NC(=O)OCc2ccccc2)C(=O)O)CCCNC(=O)CN2CCN(CC(=O)[O-])CCN(CC(=O)[O-])CCN(CC(=O)[O-])CC2)CCN(CC(=O)[O-])CC1.[Gd+3].[Gd+3]. The van der Waals surface area contributed by atoms with Crippen LogP contribution in [0, 0.1) is 79.9 Å². The summed E-state index contributed by atoms with van der Waals surface area (Å²) in [5.41, 5.74) is 0.723. The second kappa shape index (κ2) is 45.3. The maximum absolute atomic E-state index is 13.4. The number of alkyl carbamates (subject to hydrolysis) is 1. The van der Waals surface area contributed by atoms with Crippen molar-refractivity contribution in [2.45, 2.75) is 44.8 Å². The van der Waals surface area contributed by atoms with Crippen LogP contribution in [0.5, 0.6) is 0 Å². The van der Waals surface area contributed by atoms with Crippen molar-refractivity contribution in [2.75, 3.05) is 190 Å². The summed E-state index contributed by atoms with van der Waals surface area (Å²) >= 11 is 0. The van der Waals surface area contributed by atoms with Crippen LogP contribution in [-0.2, 0) is 54.5 Å². The van der Waals surface area contributed by atoms with Crippen LogP contribution < -0.4 is 46.6 Å². The Morgan fingerprint density at radius 3 is 1.01 bits per heavy atom. The number of carbonyl (C=O) groups excluding carboxylic acids is 9. The van der Waals surface area contributed by atoms with Crippen molar-refractivity contribution in [3.63, 3.8) is 0 Å². The number of carboxylic acid groups (broad SMARTS) is 7. The molecule has 0 aliphatic carbocycles. The van der Waals surface area contributed by atoms with E-state index in [1.807, 2.05) is 0 Å². The summed E-state index contributed by atoms with van der Waals surface area (Å²) in [5.74, 6) is -10.0. The maximum Gasteiger partial charge on any atom is 3.00 e. The smallest absolute Gasteiger partial charge is 0.549 e. The van der Waals surface area contributed by atoms with Crippen LogP contribution in [-0.4, -0.2) is 305 Å². The van der Waals surface area contributed by atoms with Crippen LogP contribution in [0.3, 0.4) is 0 Å². The predicted octanol–water partition coefficient (Wildman–Crippen LogP) is -11.2. The van der Waals surface area contributed by atoms with E-state index in [9.17, 15) is 83.7 Å². The predicted molar refractivity (Wildman–Crippen MR) is 278 cm³/mol. The van der Waals surface area contributed by atoms with Gasteiger partial charge in [-0.15, -0.1) is 0 Å². The topological polar surface area (TPSA) is 404 Å². The van der Waals surface area contributed by atoms with Crippen molar-refractivity contribution in [1.29, 1.82) is 0 Å². The zero-order valence-electron chi connectivity index (χ0n) is 47.3. The zero-order chi connectivity index (χ0) is 60.2. The van der Waals surface area contributed by atoms with Gasteiger partial charge in [-0.3, -0.25) is 48.8 Å². The maximum atomic E-state index is 13.4. The summed E-state index contributed by atoms with van der Waals surface area (Å²) in [6.45, 7) is 1.56. The van der Waals surface area contributed by atoms with Crippen LogP contribution in [0.15, 0.2) is 30.3 Å². The summed E-state index contributed by atoms with van der Waals surface area (Å²) < 4.78 is 5.22. The Labute approximate surface area is 553 Å². The Bertz CT molecular complexity index is 2010. The van der Waals surface area contributed by atoms with Gasteiger partial charge in [-0.1, -0.05) is 30.3 Å². The van der Waals surface area contributed by atoms with Gasteiger partial charge in [-0.2, -0.15) is 0 Å². The molecule has 472 valence electrons. The number of aliphatic carboxylic acids is 7. The van der Waals surface area contributed by atoms with Crippen molar-refractivity contribution in [1.82, 2.24) is 60.0 Å². The van der Waals surface area contributed by atoms with Crippen molar-refractivity contribution >= 4 is 59.7 Å².